The Morgan fingerprint density at radius 2 is 1.87 bits per heavy atom. The molecular weight excluding hydrogens is 210 g/mol. The average Bonchev–Trinajstić information content (AvgIpc) is 2.25. The van der Waals surface area contributed by atoms with E-state index < -0.39 is 0 Å². The van der Waals surface area contributed by atoms with Crippen molar-refractivity contribution in [3.8, 4) is 0 Å². The molecule has 1 aromatic carbocycles. The third kappa shape index (κ3) is 5.55. The van der Waals surface area contributed by atoms with E-state index in [1.165, 1.54) is 0 Å². The van der Waals surface area contributed by atoms with Gasteiger partial charge in [0.05, 0.1) is 0 Å². The summed E-state index contributed by atoms with van der Waals surface area (Å²) in [5.74, 6) is 0.217. The van der Waals surface area contributed by atoms with Crippen LogP contribution in [0.25, 0.3) is 0 Å². The molecule has 15 heavy (non-hydrogen) atoms. The van der Waals surface area contributed by atoms with E-state index >= 15 is 0 Å². The average molecular weight is 228 g/mol. The molecule has 0 heterocycles. The fourth-order valence-corrected chi connectivity index (χ4v) is 1.27. The van der Waals surface area contributed by atoms with Gasteiger partial charge in [-0.3, -0.25) is 4.79 Å². The number of Topliss-reactive ketones (excluding diaryl/α,β-unsaturated/α-hetero) is 1. The summed E-state index contributed by atoms with van der Waals surface area (Å²) in [5.41, 5.74) is 0.811. The van der Waals surface area contributed by atoms with Gasteiger partial charge >= 0.3 is 0 Å². The van der Waals surface area contributed by atoms with Gasteiger partial charge in [0, 0.05) is 18.5 Å². The lowest BCUT2D eigenvalue weighted by molar-refractivity contribution is 0.0982. The van der Waals surface area contributed by atoms with E-state index in [9.17, 15) is 4.79 Å². The van der Waals surface area contributed by atoms with Crippen molar-refractivity contribution in [2.75, 3.05) is 13.1 Å². The minimum atomic E-state index is 0. The molecule has 3 heteroatoms. The number of ketones is 1. The third-order valence-corrected chi connectivity index (χ3v) is 2.05. The van der Waals surface area contributed by atoms with Crippen molar-refractivity contribution in [2.24, 2.45) is 0 Å². The molecule has 0 aliphatic carbocycles. The molecule has 0 unspecified atom stereocenters. The smallest absolute Gasteiger partial charge is 0.164 e. The van der Waals surface area contributed by atoms with Gasteiger partial charge in [0.1, 0.15) is 0 Å². The quantitative estimate of drug-likeness (QED) is 0.598. The van der Waals surface area contributed by atoms with Crippen LogP contribution in [0.15, 0.2) is 30.3 Å². The maximum atomic E-state index is 11.6. The normalized spacial score (nSPS) is 9.40. The lowest BCUT2D eigenvalue weighted by Gasteiger charge is -2.02. The van der Waals surface area contributed by atoms with E-state index in [1.54, 1.807) is 0 Å². The zero-order valence-electron chi connectivity index (χ0n) is 9.03. The maximum Gasteiger partial charge on any atom is 0.164 e. The van der Waals surface area contributed by atoms with E-state index in [4.69, 9.17) is 0 Å². The summed E-state index contributed by atoms with van der Waals surface area (Å²) in [7, 11) is 0. The minimum absolute atomic E-state index is 0. The summed E-state index contributed by atoms with van der Waals surface area (Å²) in [6.07, 6.45) is 1.70. The number of rotatable bonds is 6. The molecule has 2 nitrogen and oxygen atoms in total. The fourth-order valence-electron chi connectivity index (χ4n) is 1.27. The Morgan fingerprint density at radius 3 is 2.47 bits per heavy atom. The molecule has 0 saturated carbocycles. The van der Waals surface area contributed by atoms with E-state index in [-0.39, 0.29) is 18.2 Å². The Morgan fingerprint density at radius 1 is 1.20 bits per heavy atom. The highest BCUT2D eigenvalue weighted by molar-refractivity contribution is 5.96. The minimum Gasteiger partial charge on any atom is -0.316 e. The van der Waals surface area contributed by atoms with Crippen molar-refractivity contribution in [3.63, 3.8) is 0 Å². The maximum absolute atomic E-state index is 11.6. The summed E-state index contributed by atoms with van der Waals surface area (Å²) < 4.78 is 0. The van der Waals surface area contributed by atoms with Gasteiger partial charge < -0.3 is 5.32 Å². The van der Waals surface area contributed by atoms with Crippen LogP contribution in [0, 0.1) is 0 Å². The van der Waals surface area contributed by atoms with E-state index in [0.29, 0.717) is 6.42 Å². The summed E-state index contributed by atoms with van der Waals surface area (Å²) >= 11 is 0. The molecule has 0 amide bonds. The molecular formula is C12H18ClNO. The van der Waals surface area contributed by atoms with Crippen LogP contribution >= 0.6 is 12.4 Å². The first-order valence-corrected chi connectivity index (χ1v) is 5.13. The monoisotopic (exact) mass is 227 g/mol. The van der Waals surface area contributed by atoms with Crippen LogP contribution in [0.5, 0.6) is 0 Å². The molecule has 1 aromatic rings. The van der Waals surface area contributed by atoms with E-state index in [1.807, 2.05) is 30.3 Å². The number of benzene rings is 1. The third-order valence-electron chi connectivity index (χ3n) is 2.05. The molecule has 0 aromatic heterocycles. The highest BCUT2D eigenvalue weighted by Gasteiger charge is 2.02. The lowest BCUT2D eigenvalue weighted by Crippen LogP contribution is -2.18. The summed E-state index contributed by atoms with van der Waals surface area (Å²) in [6, 6.07) is 9.44. The highest BCUT2D eigenvalue weighted by Crippen LogP contribution is 2.01. The molecule has 0 aliphatic heterocycles. The van der Waals surface area contributed by atoms with Gasteiger partial charge in [0.25, 0.3) is 0 Å². The molecule has 0 bridgehead atoms. The van der Waals surface area contributed by atoms with Gasteiger partial charge in [0.2, 0.25) is 0 Å². The molecule has 0 fully saturated rings. The summed E-state index contributed by atoms with van der Waals surface area (Å²) in [4.78, 5) is 11.6. The number of hydrogen-bond acceptors (Lipinski definition) is 2. The number of carbonyl (C=O) groups is 1. The molecule has 0 saturated heterocycles. The SMILES string of the molecule is CCCNCCC(=O)c1ccccc1.Cl. The van der Waals surface area contributed by atoms with E-state index in [2.05, 4.69) is 12.2 Å². The highest BCUT2D eigenvalue weighted by atomic mass is 35.5. The zero-order chi connectivity index (χ0) is 10.2. The Bertz CT molecular complexity index is 274. The van der Waals surface area contributed by atoms with Crippen molar-refractivity contribution in [1.29, 1.82) is 0 Å². The first kappa shape index (κ1) is 14.1. The molecule has 0 aliphatic rings. The predicted molar refractivity (Wildman–Crippen MR) is 65.8 cm³/mol. The van der Waals surface area contributed by atoms with Crippen LogP contribution in [-0.4, -0.2) is 18.9 Å². The topological polar surface area (TPSA) is 29.1 Å². The Balaban J connectivity index is 0.00000196. The van der Waals surface area contributed by atoms with Crippen molar-refractivity contribution >= 4 is 18.2 Å². The van der Waals surface area contributed by atoms with Gasteiger partial charge in [-0.15, -0.1) is 12.4 Å². The molecule has 0 spiro atoms. The number of carbonyl (C=O) groups excluding carboxylic acids is 1. The largest absolute Gasteiger partial charge is 0.316 e. The van der Waals surface area contributed by atoms with Gasteiger partial charge in [-0.25, -0.2) is 0 Å². The number of halogens is 1. The summed E-state index contributed by atoms with van der Waals surface area (Å²) in [5, 5.41) is 3.21. The van der Waals surface area contributed by atoms with Gasteiger partial charge in [-0.2, -0.15) is 0 Å². The van der Waals surface area contributed by atoms with Crippen LogP contribution in [0.3, 0.4) is 0 Å². The molecule has 1 rings (SSSR count). The van der Waals surface area contributed by atoms with Crippen molar-refractivity contribution in [3.05, 3.63) is 35.9 Å². The predicted octanol–water partition coefficient (Wildman–Crippen LogP) is 2.68. The van der Waals surface area contributed by atoms with Gasteiger partial charge in [0.15, 0.2) is 5.78 Å². The Hall–Kier alpha value is -0.860. The van der Waals surface area contributed by atoms with Crippen LogP contribution in [0.1, 0.15) is 30.1 Å². The lowest BCUT2D eigenvalue weighted by atomic mass is 10.1. The van der Waals surface area contributed by atoms with Crippen LogP contribution < -0.4 is 5.32 Å². The van der Waals surface area contributed by atoms with Gasteiger partial charge in [-0.1, -0.05) is 37.3 Å². The van der Waals surface area contributed by atoms with Crippen molar-refractivity contribution in [1.82, 2.24) is 5.32 Å². The standard InChI is InChI=1S/C12H17NO.ClH/c1-2-9-13-10-8-12(14)11-6-4-3-5-7-11;/h3-7,13H,2,8-10H2,1H3;1H. The molecule has 0 atom stereocenters. The first-order valence-electron chi connectivity index (χ1n) is 5.13. The van der Waals surface area contributed by atoms with Crippen molar-refractivity contribution in [2.45, 2.75) is 19.8 Å². The Kier molecular flexibility index (Phi) is 7.96. The molecule has 0 radical (unpaired) electrons. The van der Waals surface area contributed by atoms with Crippen molar-refractivity contribution < 1.29 is 4.79 Å². The van der Waals surface area contributed by atoms with Gasteiger partial charge in [-0.05, 0) is 13.0 Å². The number of hydrogen-bond donors (Lipinski definition) is 1. The fraction of sp³-hybridized carbons (Fsp3) is 0.417. The van der Waals surface area contributed by atoms with E-state index in [0.717, 1.165) is 25.1 Å². The second-order valence-corrected chi connectivity index (χ2v) is 3.29. The second kappa shape index (κ2) is 8.45. The molecule has 84 valence electrons. The number of nitrogens with one attached hydrogen (secondary N) is 1. The van der Waals surface area contributed by atoms with Crippen LogP contribution in [0.4, 0.5) is 0 Å². The second-order valence-electron chi connectivity index (χ2n) is 3.29. The van der Waals surface area contributed by atoms with Crippen LogP contribution in [0.2, 0.25) is 0 Å². The molecule has 1 N–H and O–H groups in total. The first-order chi connectivity index (χ1) is 6.84. The summed E-state index contributed by atoms with van der Waals surface area (Å²) in [6.45, 7) is 3.88. The van der Waals surface area contributed by atoms with Crippen LogP contribution in [-0.2, 0) is 0 Å². The Labute approximate surface area is 97.5 Å². The zero-order valence-corrected chi connectivity index (χ0v) is 9.85.